The fourth-order valence-corrected chi connectivity index (χ4v) is 9.28. The van der Waals surface area contributed by atoms with Crippen LogP contribution in [0.3, 0.4) is 0 Å². The maximum atomic E-state index is 12.3. The molecule has 5 nitrogen and oxygen atoms in total. The summed E-state index contributed by atoms with van der Waals surface area (Å²) in [6, 6.07) is 2.26. The highest BCUT2D eigenvalue weighted by Crippen LogP contribution is 2.23. The molecular formula is C14H33NO4Si3. The Kier molecular flexibility index (Phi) is 6.88. The van der Waals surface area contributed by atoms with Crippen LogP contribution in [0.4, 0.5) is 4.79 Å². The molecule has 8 heteroatoms. The molecule has 0 spiro atoms. The Balaban J connectivity index is 2.74. The predicted molar refractivity (Wildman–Crippen MR) is 97.9 cm³/mol. The van der Waals surface area contributed by atoms with Crippen LogP contribution in [0.5, 0.6) is 0 Å². The van der Waals surface area contributed by atoms with Crippen LogP contribution in [0.2, 0.25) is 57.9 Å². The lowest BCUT2D eigenvalue weighted by Gasteiger charge is -2.28. The number of amides is 1. The van der Waals surface area contributed by atoms with E-state index >= 15 is 0 Å². The predicted octanol–water partition coefficient (Wildman–Crippen LogP) is 3.72. The number of rotatable bonds is 1. The quantitative estimate of drug-likeness (QED) is 0.666. The van der Waals surface area contributed by atoms with Crippen molar-refractivity contribution < 1.29 is 18.1 Å². The highest BCUT2D eigenvalue weighted by Gasteiger charge is 2.32. The maximum Gasteiger partial charge on any atom is 0.396 e. The zero-order chi connectivity index (χ0) is 17.0. The summed E-state index contributed by atoms with van der Waals surface area (Å²) in [5.74, 6) is 0. The highest BCUT2D eigenvalue weighted by molar-refractivity contribution is 6.76. The third-order valence-corrected chi connectivity index (χ3v) is 9.86. The highest BCUT2D eigenvalue weighted by atomic mass is 28.4. The second-order valence-electron chi connectivity index (χ2n) is 8.18. The van der Waals surface area contributed by atoms with E-state index < -0.39 is 25.0 Å². The lowest BCUT2D eigenvalue weighted by molar-refractivity contribution is 0.128. The fraction of sp³-hybridized carbons (Fsp3) is 0.929. The third kappa shape index (κ3) is 7.91. The Morgan fingerprint density at radius 1 is 0.955 bits per heavy atom. The molecule has 0 saturated carbocycles. The SMILES string of the molecule is C[Si](C)(C)OC(=O)N1CCO[Si](C)(C)CC[Si](C)(C)OCC1. The van der Waals surface area contributed by atoms with E-state index in [1.807, 2.05) is 19.6 Å². The van der Waals surface area contributed by atoms with Gasteiger partial charge in [-0.3, -0.25) is 0 Å². The largest absolute Gasteiger partial charge is 0.504 e. The van der Waals surface area contributed by atoms with Crippen LogP contribution >= 0.6 is 0 Å². The first-order valence-corrected chi connectivity index (χ1v) is 17.8. The van der Waals surface area contributed by atoms with Gasteiger partial charge in [-0.15, -0.1) is 0 Å². The van der Waals surface area contributed by atoms with Crippen LogP contribution in [0.1, 0.15) is 0 Å². The van der Waals surface area contributed by atoms with Gasteiger partial charge in [-0.25, -0.2) is 4.79 Å². The van der Waals surface area contributed by atoms with Crippen LogP contribution in [-0.4, -0.2) is 62.2 Å². The van der Waals surface area contributed by atoms with Crippen LogP contribution < -0.4 is 0 Å². The Morgan fingerprint density at radius 2 is 1.36 bits per heavy atom. The molecule has 0 aliphatic carbocycles. The smallest absolute Gasteiger partial charge is 0.396 e. The molecule has 1 amide bonds. The number of carbonyl (C=O) groups excluding carboxylic acids is 1. The number of nitrogens with zero attached hydrogens (tertiary/aromatic N) is 1. The number of carbonyl (C=O) groups is 1. The first-order valence-electron chi connectivity index (χ1n) is 8.16. The van der Waals surface area contributed by atoms with E-state index in [9.17, 15) is 4.79 Å². The normalized spacial score (nSPS) is 23.5. The monoisotopic (exact) mass is 363 g/mol. The van der Waals surface area contributed by atoms with Gasteiger partial charge in [0.05, 0.1) is 13.2 Å². The van der Waals surface area contributed by atoms with Gasteiger partial charge in [0, 0.05) is 13.1 Å². The second-order valence-corrected chi connectivity index (χ2v) is 21.2. The van der Waals surface area contributed by atoms with E-state index in [-0.39, 0.29) is 6.09 Å². The van der Waals surface area contributed by atoms with Gasteiger partial charge in [0.25, 0.3) is 0 Å². The van der Waals surface area contributed by atoms with Crippen molar-refractivity contribution >= 4 is 31.0 Å². The molecule has 1 aliphatic heterocycles. The molecule has 22 heavy (non-hydrogen) atoms. The minimum atomic E-state index is -1.88. The van der Waals surface area contributed by atoms with E-state index in [0.717, 1.165) is 12.1 Å². The van der Waals surface area contributed by atoms with E-state index in [4.69, 9.17) is 13.3 Å². The molecule has 0 aromatic carbocycles. The molecule has 1 aliphatic rings. The van der Waals surface area contributed by atoms with Gasteiger partial charge in [-0.2, -0.15) is 0 Å². The minimum absolute atomic E-state index is 0.218. The Labute approximate surface area is 138 Å². The molecular weight excluding hydrogens is 330 g/mol. The number of hydrogen-bond donors (Lipinski definition) is 0. The summed E-state index contributed by atoms with van der Waals surface area (Å²) in [6.07, 6.45) is -0.218. The summed E-state index contributed by atoms with van der Waals surface area (Å²) in [6.45, 7) is 17.4. The first-order chi connectivity index (χ1) is 9.90. The topological polar surface area (TPSA) is 48.0 Å². The summed E-state index contributed by atoms with van der Waals surface area (Å²) >= 11 is 0. The molecule has 1 saturated heterocycles. The lowest BCUT2D eigenvalue weighted by Crippen LogP contribution is -2.43. The van der Waals surface area contributed by atoms with Gasteiger partial charge in [-0.05, 0) is 57.9 Å². The molecule has 0 bridgehead atoms. The van der Waals surface area contributed by atoms with Crippen molar-refractivity contribution in [2.24, 2.45) is 0 Å². The summed E-state index contributed by atoms with van der Waals surface area (Å²) in [5, 5.41) is 0. The first kappa shape index (κ1) is 19.9. The van der Waals surface area contributed by atoms with E-state index in [0.29, 0.717) is 26.3 Å². The van der Waals surface area contributed by atoms with Gasteiger partial charge in [0.2, 0.25) is 8.32 Å². The van der Waals surface area contributed by atoms with Gasteiger partial charge >= 0.3 is 6.09 Å². The summed E-state index contributed by atoms with van der Waals surface area (Å²) in [7, 11) is -5.21. The molecule has 0 radical (unpaired) electrons. The Morgan fingerprint density at radius 3 is 1.73 bits per heavy atom. The van der Waals surface area contributed by atoms with Crippen molar-refractivity contribution in [3.05, 3.63) is 0 Å². The van der Waals surface area contributed by atoms with Crippen molar-refractivity contribution in [1.82, 2.24) is 4.90 Å². The third-order valence-electron chi connectivity index (χ3n) is 3.69. The summed E-state index contributed by atoms with van der Waals surface area (Å²) < 4.78 is 17.9. The zero-order valence-electron chi connectivity index (χ0n) is 15.3. The maximum absolute atomic E-state index is 12.3. The van der Waals surface area contributed by atoms with Crippen molar-refractivity contribution in [2.45, 2.75) is 57.9 Å². The number of hydrogen-bond acceptors (Lipinski definition) is 4. The van der Waals surface area contributed by atoms with Crippen LogP contribution in [-0.2, 0) is 13.3 Å². The molecule has 1 heterocycles. The molecule has 1 fully saturated rings. The zero-order valence-corrected chi connectivity index (χ0v) is 18.3. The lowest BCUT2D eigenvalue weighted by atomic mass is 10.5. The van der Waals surface area contributed by atoms with Gasteiger partial charge in [0.1, 0.15) is 0 Å². The van der Waals surface area contributed by atoms with Crippen LogP contribution in [0, 0.1) is 0 Å². The van der Waals surface area contributed by atoms with Crippen molar-refractivity contribution in [1.29, 1.82) is 0 Å². The minimum Gasteiger partial charge on any atom is -0.504 e. The summed E-state index contributed by atoms with van der Waals surface area (Å²) in [4.78, 5) is 14.1. The van der Waals surface area contributed by atoms with Gasteiger partial charge in [0.15, 0.2) is 16.6 Å². The average molecular weight is 364 g/mol. The van der Waals surface area contributed by atoms with E-state index in [1.54, 1.807) is 4.90 Å². The molecule has 1 rings (SSSR count). The molecule has 0 aromatic rings. The van der Waals surface area contributed by atoms with Gasteiger partial charge < -0.3 is 18.2 Å². The van der Waals surface area contributed by atoms with Crippen LogP contribution in [0.25, 0.3) is 0 Å². The van der Waals surface area contributed by atoms with E-state index in [2.05, 4.69) is 26.2 Å². The average Bonchev–Trinajstić information content (AvgIpc) is 2.34. The summed E-state index contributed by atoms with van der Waals surface area (Å²) in [5.41, 5.74) is 0. The van der Waals surface area contributed by atoms with Crippen molar-refractivity contribution in [3.8, 4) is 0 Å². The molecule has 0 N–H and O–H groups in total. The second kappa shape index (κ2) is 7.61. The Bertz CT molecular complexity index is 361. The Hall–Kier alpha value is -0.159. The van der Waals surface area contributed by atoms with Crippen LogP contribution in [0.15, 0.2) is 0 Å². The molecule has 0 atom stereocenters. The fourth-order valence-electron chi connectivity index (χ4n) is 2.23. The van der Waals surface area contributed by atoms with Gasteiger partial charge in [-0.1, -0.05) is 0 Å². The molecule has 130 valence electrons. The van der Waals surface area contributed by atoms with Crippen molar-refractivity contribution in [2.75, 3.05) is 26.3 Å². The molecule has 0 aromatic heterocycles. The van der Waals surface area contributed by atoms with Crippen molar-refractivity contribution in [3.63, 3.8) is 0 Å². The van der Waals surface area contributed by atoms with E-state index in [1.165, 1.54) is 0 Å². The standard InChI is InChI=1S/C14H33NO4Si3/c1-20(2,3)19-14(16)15-8-10-17-21(4,5)12-13-22(6,7)18-11-9-15/h8-13H2,1-7H3. The molecule has 0 unspecified atom stereocenters.